The van der Waals surface area contributed by atoms with E-state index >= 15 is 0 Å². The topological polar surface area (TPSA) is 87.4 Å². The molecule has 0 unspecified atom stereocenters. The standard InChI is InChI=1S/C20H24N6O2S/c1-25-9-11-26(12-10-25)20-15(4-2-8-21-20)14-22-17(27)6-7-18-23-19(24-28-18)16-5-3-13-29-16/h2-5,8,13H,6-7,9-12,14H2,1H3,(H,22,27). The van der Waals surface area contributed by atoms with Crippen molar-refractivity contribution < 1.29 is 9.32 Å². The molecule has 1 aliphatic heterocycles. The number of aromatic nitrogens is 3. The van der Waals surface area contributed by atoms with E-state index in [2.05, 4.69) is 37.3 Å². The molecule has 4 heterocycles. The quantitative estimate of drug-likeness (QED) is 0.636. The number of thiophene rings is 1. The Bertz CT molecular complexity index is 934. The third-order valence-electron chi connectivity index (χ3n) is 4.92. The molecule has 152 valence electrons. The van der Waals surface area contributed by atoms with Crippen LogP contribution in [0.2, 0.25) is 0 Å². The molecule has 0 spiro atoms. The number of rotatable bonds is 7. The maximum absolute atomic E-state index is 12.3. The predicted molar refractivity (Wildman–Crippen MR) is 112 cm³/mol. The van der Waals surface area contributed by atoms with Gasteiger partial charge in [0.25, 0.3) is 0 Å². The van der Waals surface area contributed by atoms with Gasteiger partial charge in [0.05, 0.1) is 4.88 Å². The van der Waals surface area contributed by atoms with Crippen molar-refractivity contribution in [1.82, 2.24) is 25.3 Å². The zero-order valence-corrected chi connectivity index (χ0v) is 17.2. The Balaban J connectivity index is 1.29. The average Bonchev–Trinajstić information content (AvgIpc) is 3.43. The van der Waals surface area contributed by atoms with Crippen LogP contribution in [-0.2, 0) is 17.8 Å². The lowest BCUT2D eigenvalue weighted by molar-refractivity contribution is -0.121. The van der Waals surface area contributed by atoms with Gasteiger partial charge >= 0.3 is 0 Å². The van der Waals surface area contributed by atoms with E-state index in [0.717, 1.165) is 42.4 Å². The Morgan fingerprint density at radius 1 is 1.24 bits per heavy atom. The molecule has 9 heteroatoms. The van der Waals surface area contributed by atoms with Gasteiger partial charge in [0.15, 0.2) is 0 Å². The van der Waals surface area contributed by atoms with Crippen LogP contribution in [0.5, 0.6) is 0 Å². The lowest BCUT2D eigenvalue weighted by Gasteiger charge is -2.34. The van der Waals surface area contributed by atoms with E-state index in [1.807, 2.05) is 29.6 Å². The summed E-state index contributed by atoms with van der Waals surface area (Å²) >= 11 is 1.56. The SMILES string of the molecule is CN1CCN(c2ncccc2CNC(=O)CCc2nc(-c3cccs3)no2)CC1. The minimum absolute atomic E-state index is 0.0472. The molecule has 3 aromatic heterocycles. The first-order valence-electron chi connectivity index (χ1n) is 9.69. The van der Waals surface area contributed by atoms with Gasteiger partial charge in [0, 0.05) is 57.3 Å². The Labute approximate surface area is 173 Å². The van der Waals surface area contributed by atoms with E-state index in [1.165, 1.54) is 0 Å². The average molecular weight is 413 g/mol. The lowest BCUT2D eigenvalue weighted by atomic mass is 10.2. The first kappa shape index (κ1) is 19.5. The summed E-state index contributed by atoms with van der Waals surface area (Å²) in [7, 11) is 2.13. The minimum Gasteiger partial charge on any atom is -0.354 e. The largest absolute Gasteiger partial charge is 0.354 e. The Hall–Kier alpha value is -2.78. The molecule has 0 atom stereocenters. The van der Waals surface area contributed by atoms with Crippen molar-refractivity contribution in [1.29, 1.82) is 0 Å². The molecule has 1 fully saturated rings. The molecule has 0 bridgehead atoms. The molecule has 4 rings (SSSR count). The van der Waals surface area contributed by atoms with Gasteiger partial charge in [-0.2, -0.15) is 4.98 Å². The maximum atomic E-state index is 12.3. The zero-order chi connectivity index (χ0) is 20.1. The summed E-state index contributed by atoms with van der Waals surface area (Å²) in [6, 6.07) is 7.81. The van der Waals surface area contributed by atoms with Crippen molar-refractivity contribution in [3.63, 3.8) is 0 Å². The minimum atomic E-state index is -0.0472. The van der Waals surface area contributed by atoms with Crippen molar-refractivity contribution in [2.45, 2.75) is 19.4 Å². The number of pyridine rings is 1. The zero-order valence-electron chi connectivity index (χ0n) is 16.4. The summed E-state index contributed by atoms with van der Waals surface area (Å²) in [5.74, 6) is 1.96. The number of nitrogens with zero attached hydrogens (tertiary/aromatic N) is 5. The van der Waals surface area contributed by atoms with E-state index < -0.39 is 0 Å². The highest BCUT2D eigenvalue weighted by Crippen LogP contribution is 2.22. The van der Waals surface area contributed by atoms with E-state index in [9.17, 15) is 4.79 Å². The molecular formula is C20H24N6O2S. The number of carbonyl (C=O) groups is 1. The normalized spacial score (nSPS) is 14.9. The van der Waals surface area contributed by atoms with Crippen LogP contribution in [0.3, 0.4) is 0 Å². The number of carbonyl (C=O) groups excluding carboxylic acids is 1. The van der Waals surface area contributed by atoms with Crippen LogP contribution in [0.25, 0.3) is 10.7 Å². The van der Waals surface area contributed by atoms with E-state index in [1.54, 1.807) is 17.5 Å². The molecule has 0 aliphatic carbocycles. The summed E-state index contributed by atoms with van der Waals surface area (Å²) in [4.78, 5) is 26.8. The summed E-state index contributed by atoms with van der Waals surface area (Å²) in [6.07, 6.45) is 2.53. The molecule has 1 aliphatic rings. The fourth-order valence-corrected chi connectivity index (χ4v) is 3.89. The van der Waals surface area contributed by atoms with Gasteiger partial charge in [0.1, 0.15) is 5.82 Å². The second-order valence-electron chi connectivity index (χ2n) is 7.04. The molecule has 3 aromatic rings. The van der Waals surface area contributed by atoms with Crippen LogP contribution in [-0.4, -0.2) is 59.2 Å². The smallest absolute Gasteiger partial charge is 0.227 e. The van der Waals surface area contributed by atoms with Crippen molar-refractivity contribution in [2.24, 2.45) is 0 Å². The summed E-state index contributed by atoms with van der Waals surface area (Å²) in [6.45, 7) is 4.37. The Kier molecular flexibility index (Phi) is 6.16. The van der Waals surface area contributed by atoms with Gasteiger partial charge in [-0.1, -0.05) is 17.3 Å². The number of hydrogen-bond acceptors (Lipinski definition) is 8. The van der Waals surface area contributed by atoms with Crippen LogP contribution >= 0.6 is 11.3 Å². The molecule has 1 amide bonds. The summed E-state index contributed by atoms with van der Waals surface area (Å²) in [5, 5.41) is 8.93. The summed E-state index contributed by atoms with van der Waals surface area (Å²) in [5.41, 5.74) is 1.03. The molecule has 0 saturated carbocycles. The number of hydrogen-bond donors (Lipinski definition) is 1. The molecule has 0 aromatic carbocycles. The first-order valence-corrected chi connectivity index (χ1v) is 10.6. The van der Waals surface area contributed by atoms with Crippen LogP contribution < -0.4 is 10.2 Å². The fourth-order valence-electron chi connectivity index (χ4n) is 3.24. The second-order valence-corrected chi connectivity index (χ2v) is 7.99. The number of anilines is 1. The molecule has 29 heavy (non-hydrogen) atoms. The van der Waals surface area contributed by atoms with E-state index in [4.69, 9.17) is 4.52 Å². The number of nitrogens with one attached hydrogen (secondary N) is 1. The maximum Gasteiger partial charge on any atom is 0.227 e. The van der Waals surface area contributed by atoms with Crippen molar-refractivity contribution in [3.05, 3.63) is 47.3 Å². The monoisotopic (exact) mass is 412 g/mol. The Morgan fingerprint density at radius 3 is 2.90 bits per heavy atom. The molecule has 0 radical (unpaired) electrons. The number of aryl methyl sites for hydroxylation is 1. The van der Waals surface area contributed by atoms with Gasteiger partial charge in [-0.3, -0.25) is 4.79 Å². The molecule has 8 nitrogen and oxygen atoms in total. The van der Waals surface area contributed by atoms with Crippen LogP contribution in [0.4, 0.5) is 5.82 Å². The van der Waals surface area contributed by atoms with Gasteiger partial charge in [-0.25, -0.2) is 4.98 Å². The summed E-state index contributed by atoms with van der Waals surface area (Å²) < 4.78 is 5.25. The van der Waals surface area contributed by atoms with Gasteiger partial charge in [-0.05, 0) is 24.6 Å². The second kappa shape index (κ2) is 9.15. The molecule has 1 saturated heterocycles. The van der Waals surface area contributed by atoms with E-state index in [0.29, 0.717) is 31.1 Å². The van der Waals surface area contributed by atoms with Gasteiger partial charge < -0.3 is 19.6 Å². The van der Waals surface area contributed by atoms with Crippen molar-refractivity contribution in [3.8, 4) is 10.7 Å². The van der Waals surface area contributed by atoms with Gasteiger partial charge in [0.2, 0.25) is 17.6 Å². The number of amides is 1. The lowest BCUT2D eigenvalue weighted by Crippen LogP contribution is -2.45. The Morgan fingerprint density at radius 2 is 2.10 bits per heavy atom. The third kappa shape index (κ3) is 4.99. The third-order valence-corrected chi connectivity index (χ3v) is 5.79. The highest BCUT2D eigenvalue weighted by molar-refractivity contribution is 7.13. The van der Waals surface area contributed by atoms with E-state index in [-0.39, 0.29) is 5.91 Å². The predicted octanol–water partition coefficient (Wildman–Crippen LogP) is 2.19. The van der Waals surface area contributed by atoms with Crippen LogP contribution in [0.1, 0.15) is 17.9 Å². The highest BCUT2D eigenvalue weighted by Gasteiger charge is 2.18. The van der Waals surface area contributed by atoms with Crippen LogP contribution in [0, 0.1) is 0 Å². The van der Waals surface area contributed by atoms with Crippen molar-refractivity contribution in [2.75, 3.05) is 38.1 Å². The highest BCUT2D eigenvalue weighted by atomic mass is 32.1. The van der Waals surface area contributed by atoms with Gasteiger partial charge in [-0.15, -0.1) is 11.3 Å². The fraction of sp³-hybridized carbons (Fsp3) is 0.400. The number of likely N-dealkylation sites (N-methyl/N-ethyl adjacent to an activating group) is 1. The first-order chi connectivity index (χ1) is 14.2. The van der Waals surface area contributed by atoms with Crippen molar-refractivity contribution >= 4 is 23.1 Å². The number of piperazine rings is 1. The molecule has 1 N–H and O–H groups in total. The van der Waals surface area contributed by atoms with Crippen LogP contribution in [0.15, 0.2) is 40.4 Å². The molecular weight excluding hydrogens is 388 g/mol.